The van der Waals surface area contributed by atoms with Crippen LogP contribution in [-0.2, 0) is 14.6 Å². The number of hydrogen-bond donors (Lipinski definition) is 0. The molecule has 1 amide bonds. The number of rotatable bonds is 3. The average molecular weight is 269 g/mol. The molecule has 0 saturated carbocycles. The average Bonchev–Trinajstić information content (AvgIpc) is 2.63. The van der Waals surface area contributed by atoms with Crippen LogP contribution in [0.3, 0.4) is 0 Å². The van der Waals surface area contributed by atoms with Crippen LogP contribution in [-0.4, -0.2) is 30.9 Å². The summed E-state index contributed by atoms with van der Waals surface area (Å²) in [5, 5.41) is 0.385. The monoisotopic (exact) mass is 269 g/mol. The van der Waals surface area contributed by atoms with Crippen molar-refractivity contribution in [2.75, 3.05) is 11.5 Å². The summed E-state index contributed by atoms with van der Waals surface area (Å²) in [6.07, 6.45) is 0. The molecule has 0 fully saturated rings. The van der Waals surface area contributed by atoms with Gasteiger partial charge in [-0.1, -0.05) is 29.5 Å². The van der Waals surface area contributed by atoms with Crippen molar-refractivity contribution in [3.63, 3.8) is 0 Å². The number of carbonyl (C=O) groups is 1. The lowest BCUT2D eigenvalue weighted by atomic mass is 10.2. The molecule has 4 nitrogen and oxygen atoms in total. The van der Waals surface area contributed by atoms with Crippen molar-refractivity contribution in [1.29, 1.82) is 0 Å². The molecule has 0 N–H and O–H groups in total. The Balaban J connectivity index is 2.22. The summed E-state index contributed by atoms with van der Waals surface area (Å²) in [4.78, 5) is 14.9. The second kappa shape index (κ2) is 4.62. The Bertz CT molecular complexity index is 573. The number of sulfone groups is 1. The number of aryl methyl sites for hydroxylation is 1. The predicted octanol–water partition coefficient (Wildman–Crippen LogP) is 1.44. The molecule has 6 heteroatoms. The Morgan fingerprint density at radius 2 is 1.94 bits per heavy atom. The van der Waals surface area contributed by atoms with E-state index in [1.807, 2.05) is 6.92 Å². The number of hydrogen-bond acceptors (Lipinski definition) is 4. The minimum atomic E-state index is -3.39. The van der Waals surface area contributed by atoms with Gasteiger partial charge in [0.1, 0.15) is 5.75 Å². The largest absolute Gasteiger partial charge is 0.272 e. The third kappa shape index (κ3) is 2.95. The number of carbonyl (C=O) groups excluding carboxylic acids is 1. The normalized spacial score (nSPS) is 16.1. The van der Waals surface area contributed by atoms with Gasteiger partial charge >= 0.3 is 0 Å². The van der Waals surface area contributed by atoms with E-state index in [-0.39, 0.29) is 22.3 Å². The molecule has 1 aromatic carbocycles. The van der Waals surface area contributed by atoms with E-state index < -0.39 is 9.84 Å². The van der Waals surface area contributed by atoms with Crippen molar-refractivity contribution in [3.8, 4) is 0 Å². The molecule has 0 atom stereocenters. The number of thioether (sulfide) groups is 1. The SMILES string of the molecule is Cc1ccc(S(=O)(=O)CC2=NC(=O)CS2)cc1. The maximum atomic E-state index is 12.0. The minimum absolute atomic E-state index is 0.188. The van der Waals surface area contributed by atoms with Crippen molar-refractivity contribution in [3.05, 3.63) is 29.8 Å². The first-order chi connectivity index (χ1) is 7.97. The Morgan fingerprint density at radius 3 is 2.47 bits per heavy atom. The van der Waals surface area contributed by atoms with Crippen LogP contribution in [0, 0.1) is 6.92 Å². The van der Waals surface area contributed by atoms with Crippen molar-refractivity contribution in [2.24, 2.45) is 4.99 Å². The molecule has 0 aliphatic carbocycles. The molecule has 17 heavy (non-hydrogen) atoms. The summed E-state index contributed by atoms with van der Waals surface area (Å²) < 4.78 is 24.0. The zero-order chi connectivity index (χ0) is 12.5. The van der Waals surface area contributed by atoms with Gasteiger partial charge in [0.25, 0.3) is 5.91 Å². The van der Waals surface area contributed by atoms with Crippen LogP contribution in [0.5, 0.6) is 0 Å². The van der Waals surface area contributed by atoms with E-state index in [0.717, 1.165) is 5.56 Å². The molecule has 0 aromatic heterocycles. The van der Waals surface area contributed by atoms with Gasteiger partial charge in [-0.15, -0.1) is 0 Å². The zero-order valence-electron chi connectivity index (χ0n) is 9.21. The van der Waals surface area contributed by atoms with E-state index in [0.29, 0.717) is 5.04 Å². The Hall–Kier alpha value is -1.14. The van der Waals surface area contributed by atoms with Crippen molar-refractivity contribution in [1.82, 2.24) is 0 Å². The van der Waals surface area contributed by atoms with Gasteiger partial charge in [0.15, 0.2) is 9.84 Å². The summed E-state index contributed by atoms with van der Waals surface area (Å²) in [7, 11) is -3.39. The second-order valence-electron chi connectivity index (χ2n) is 3.76. The summed E-state index contributed by atoms with van der Waals surface area (Å²) in [5.74, 6) is -0.199. The topological polar surface area (TPSA) is 63.6 Å². The van der Waals surface area contributed by atoms with E-state index in [2.05, 4.69) is 4.99 Å². The number of amides is 1. The summed E-state index contributed by atoms with van der Waals surface area (Å²) in [5.41, 5.74) is 1.01. The van der Waals surface area contributed by atoms with Gasteiger partial charge < -0.3 is 0 Å². The second-order valence-corrected chi connectivity index (χ2v) is 6.80. The molecular weight excluding hydrogens is 258 g/mol. The van der Waals surface area contributed by atoms with Crippen LogP contribution < -0.4 is 0 Å². The molecule has 0 bridgehead atoms. The molecule has 0 radical (unpaired) electrons. The first-order valence-electron chi connectivity index (χ1n) is 5.00. The molecule has 0 saturated heterocycles. The smallest absolute Gasteiger partial charge is 0.256 e. The van der Waals surface area contributed by atoms with Gasteiger partial charge in [-0.25, -0.2) is 13.4 Å². The number of nitrogens with zero attached hydrogens (tertiary/aromatic N) is 1. The van der Waals surface area contributed by atoms with Gasteiger partial charge in [-0.2, -0.15) is 0 Å². The van der Waals surface area contributed by atoms with E-state index in [9.17, 15) is 13.2 Å². The first kappa shape index (κ1) is 12.3. The fourth-order valence-corrected chi connectivity index (χ4v) is 3.84. The highest BCUT2D eigenvalue weighted by atomic mass is 32.2. The molecule has 1 aromatic rings. The van der Waals surface area contributed by atoms with Crippen LogP contribution >= 0.6 is 11.8 Å². The van der Waals surface area contributed by atoms with Gasteiger partial charge in [0, 0.05) is 0 Å². The molecule has 2 rings (SSSR count). The van der Waals surface area contributed by atoms with Crippen LogP contribution in [0.2, 0.25) is 0 Å². The predicted molar refractivity (Wildman–Crippen MR) is 68.1 cm³/mol. The third-order valence-corrected chi connectivity index (χ3v) is 5.09. The molecule has 1 heterocycles. The van der Waals surface area contributed by atoms with Crippen LogP contribution in [0.1, 0.15) is 5.56 Å². The summed E-state index contributed by atoms with van der Waals surface area (Å²) >= 11 is 1.20. The Kier molecular flexibility index (Phi) is 3.35. The van der Waals surface area contributed by atoms with Gasteiger partial charge in [-0.05, 0) is 19.1 Å². The minimum Gasteiger partial charge on any atom is -0.272 e. The Morgan fingerprint density at radius 1 is 1.29 bits per heavy atom. The van der Waals surface area contributed by atoms with E-state index >= 15 is 0 Å². The fourth-order valence-electron chi connectivity index (χ4n) is 1.41. The molecule has 90 valence electrons. The zero-order valence-corrected chi connectivity index (χ0v) is 10.8. The quantitative estimate of drug-likeness (QED) is 0.833. The maximum absolute atomic E-state index is 12.0. The fraction of sp³-hybridized carbons (Fsp3) is 0.273. The van der Waals surface area contributed by atoms with E-state index in [1.165, 1.54) is 11.8 Å². The van der Waals surface area contributed by atoms with Crippen LogP contribution in [0.4, 0.5) is 0 Å². The van der Waals surface area contributed by atoms with Crippen LogP contribution in [0.25, 0.3) is 0 Å². The van der Waals surface area contributed by atoms with E-state index in [1.54, 1.807) is 24.3 Å². The Labute approximate surface area is 104 Å². The van der Waals surface area contributed by atoms with E-state index in [4.69, 9.17) is 0 Å². The summed E-state index contributed by atoms with van der Waals surface area (Å²) in [6.45, 7) is 1.89. The first-order valence-corrected chi connectivity index (χ1v) is 7.64. The summed E-state index contributed by atoms with van der Waals surface area (Å²) in [6, 6.07) is 6.66. The lowest BCUT2D eigenvalue weighted by Crippen LogP contribution is -2.12. The van der Waals surface area contributed by atoms with Gasteiger partial charge in [0.2, 0.25) is 0 Å². The van der Waals surface area contributed by atoms with Crippen LogP contribution in [0.15, 0.2) is 34.2 Å². The molecule has 0 spiro atoms. The lowest BCUT2D eigenvalue weighted by molar-refractivity contribution is -0.115. The molecule has 1 aliphatic heterocycles. The standard InChI is InChI=1S/C11H11NO3S2/c1-8-2-4-9(5-3-8)17(14,15)7-11-12-10(13)6-16-11/h2-5H,6-7H2,1H3. The highest BCUT2D eigenvalue weighted by Crippen LogP contribution is 2.19. The van der Waals surface area contributed by atoms with Crippen molar-refractivity contribution < 1.29 is 13.2 Å². The maximum Gasteiger partial charge on any atom is 0.256 e. The third-order valence-electron chi connectivity index (χ3n) is 2.31. The lowest BCUT2D eigenvalue weighted by Gasteiger charge is -2.03. The molecule has 1 aliphatic rings. The number of benzene rings is 1. The number of aliphatic imine (C=N–C) groups is 1. The molecular formula is C11H11NO3S2. The van der Waals surface area contributed by atoms with Crippen molar-refractivity contribution >= 4 is 32.6 Å². The molecule has 0 unspecified atom stereocenters. The van der Waals surface area contributed by atoms with Gasteiger partial charge in [0.05, 0.1) is 15.7 Å². The highest BCUT2D eigenvalue weighted by molar-refractivity contribution is 8.16. The van der Waals surface area contributed by atoms with Crippen molar-refractivity contribution in [2.45, 2.75) is 11.8 Å². The van der Waals surface area contributed by atoms with Gasteiger partial charge in [-0.3, -0.25) is 4.79 Å². The highest BCUT2D eigenvalue weighted by Gasteiger charge is 2.22.